The molecule has 8 rings (SSSR count). The van der Waals surface area contributed by atoms with Crippen LogP contribution < -0.4 is 0 Å². The van der Waals surface area contributed by atoms with E-state index in [0.717, 1.165) is 100 Å². The third-order valence-electron chi connectivity index (χ3n) is 9.83. The largest absolute Gasteiger partial charge is 0.361 e. The molecular formula is C45H41ClN8O4S2. The van der Waals surface area contributed by atoms with Crippen molar-refractivity contribution < 1.29 is 18.6 Å². The van der Waals surface area contributed by atoms with Crippen molar-refractivity contribution in [2.75, 3.05) is 0 Å². The van der Waals surface area contributed by atoms with Crippen molar-refractivity contribution in [2.45, 2.75) is 74.1 Å². The van der Waals surface area contributed by atoms with Crippen LogP contribution in [0.15, 0.2) is 82.6 Å². The molecule has 0 unspecified atom stereocenters. The minimum atomic E-state index is -0.0608. The smallest absolute Gasteiger partial charge is 0.170 e. The Hall–Kier alpha value is -6.09. The minimum Gasteiger partial charge on any atom is -0.361 e. The van der Waals surface area contributed by atoms with Crippen LogP contribution in [0.1, 0.15) is 83.9 Å². The van der Waals surface area contributed by atoms with E-state index in [-0.39, 0.29) is 24.4 Å². The number of thiazole rings is 2. The van der Waals surface area contributed by atoms with Crippen molar-refractivity contribution in [1.82, 2.24) is 40.2 Å². The fourth-order valence-corrected chi connectivity index (χ4v) is 8.45. The van der Waals surface area contributed by atoms with E-state index in [4.69, 9.17) is 30.6 Å². The van der Waals surface area contributed by atoms with Crippen molar-refractivity contribution in [3.8, 4) is 43.9 Å². The van der Waals surface area contributed by atoms with Gasteiger partial charge in [0.25, 0.3) is 0 Å². The zero-order valence-electron chi connectivity index (χ0n) is 34.2. The summed E-state index contributed by atoms with van der Waals surface area (Å²) in [7, 11) is 0. The van der Waals surface area contributed by atoms with Gasteiger partial charge >= 0.3 is 0 Å². The van der Waals surface area contributed by atoms with Crippen molar-refractivity contribution in [3.05, 3.63) is 139 Å². The van der Waals surface area contributed by atoms with Crippen LogP contribution in [-0.2, 0) is 25.7 Å². The number of aromatic nitrogens is 8. The Morgan fingerprint density at radius 3 is 1.50 bits per heavy atom. The molecule has 0 N–H and O–H groups in total. The van der Waals surface area contributed by atoms with Gasteiger partial charge in [-0.2, -0.15) is 0 Å². The molecule has 60 heavy (non-hydrogen) atoms. The summed E-state index contributed by atoms with van der Waals surface area (Å²) in [5, 5.41) is 10.3. The Labute approximate surface area is 360 Å². The highest BCUT2D eigenvalue weighted by molar-refractivity contribution is 7.15. The molecule has 0 aliphatic heterocycles. The molecule has 8 heterocycles. The van der Waals surface area contributed by atoms with Gasteiger partial charge < -0.3 is 9.05 Å². The van der Waals surface area contributed by atoms with Gasteiger partial charge in [-0.3, -0.25) is 29.5 Å². The third-order valence-corrected chi connectivity index (χ3v) is 12.7. The first-order valence-electron chi connectivity index (χ1n) is 19.3. The highest BCUT2D eigenvalue weighted by atomic mass is 35.5. The van der Waals surface area contributed by atoms with E-state index in [2.05, 4.69) is 44.1 Å². The van der Waals surface area contributed by atoms with Gasteiger partial charge in [0.15, 0.2) is 11.6 Å². The van der Waals surface area contributed by atoms with Crippen LogP contribution in [0, 0.1) is 34.6 Å². The molecule has 0 saturated carbocycles. The quantitative estimate of drug-likeness (QED) is 0.107. The predicted octanol–water partition coefficient (Wildman–Crippen LogP) is 10.7. The third kappa shape index (κ3) is 9.36. The number of hydrogen-bond donors (Lipinski definition) is 0. The van der Waals surface area contributed by atoms with Gasteiger partial charge in [0.2, 0.25) is 0 Å². The second-order valence-corrected chi connectivity index (χ2v) is 16.7. The lowest BCUT2D eigenvalue weighted by atomic mass is 10.0. The summed E-state index contributed by atoms with van der Waals surface area (Å²) in [6.07, 6.45) is 12.2. The number of rotatable bonds is 12. The van der Waals surface area contributed by atoms with E-state index in [0.29, 0.717) is 21.8 Å². The maximum atomic E-state index is 12.7. The van der Waals surface area contributed by atoms with Gasteiger partial charge in [0, 0.05) is 92.7 Å². The minimum absolute atomic E-state index is 0.0237. The van der Waals surface area contributed by atoms with Gasteiger partial charge in [0.1, 0.15) is 32.9 Å². The molecular weight excluding hydrogens is 816 g/mol. The van der Waals surface area contributed by atoms with Crippen molar-refractivity contribution in [2.24, 2.45) is 0 Å². The SMILES string of the molecule is CCc1sc(-c2cc(C)on2)nc1-c1ccc(CC(=O)c2cncc(C)c2C)nc1.CCc1sc(-c2cc(C)on2)nc1-c1ccc(CC(=O)c2cncc(Cl)c2C)nc1. The van der Waals surface area contributed by atoms with Crippen LogP contribution in [0.4, 0.5) is 0 Å². The molecule has 304 valence electrons. The fraction of sp³-hybridized carbons (Fsp3) is 0.244. The molecule has 8 aromatic heterocycles. The second-order valence-electron chi connectivity index (χ2n) is 14.1. The second kappa shape index (κ2) is 18.4. The Bertz CT molecular complexity index is 2620. The van der Waals surface area contributed by atoms with Crippen LogP contribution >= 0.6 is 34.3 Å². The van der Waals surface area contributed by atoms with Crippen LogP contribution in [0.25, 0.3) is 43.9 Å². The van der Waals surface area contributed by atoms with Gasteiger partial charge in [-0.05, 0) is 88.4 Å². The topological polar surface area (TPSA) is 164 Å². The molecule has 0 spiro atoms. The van der Waals surface area contributed by atoms with Crippen LogP contribution in [-0.4, -0.2) is 51.8 Å². The van der Waals surface area contributed by atoms with Crippen molar-refractivity contribution >= 4 is 45.8 Å². The molecule has 0 bridgehead atoms. The standard InChI is InChI=1S/C23H22N4O2S.C22H19ClN4O2S/c1-5-21-22(26-23(30-21)19-8-14(3)29-27-19)16-6-7-17(25-11-16)9-20(28)18-12-24-10-13(2)15(18)4;1-4-20-21(26-22(30-20)18-7-12(2)29-27-18)14-5-6-15(25-9-14)8-19(28)16-10-24-11-17(23)13(16)3/h6-8,10-12H,5,9H2,1-4H3;5-7,9-11H,4,8H2,1-3H3. The van der Waals surface area contributed by atoms with E-state index in [1.165, 1.54) is 6.20 Å². The average Bonchev–Trinajstić information content (AvgIpc) is 4.07. The maximum absolute atomic E-state index is 12.7. The van der Waals surface area contributed by atoms with Gasteiger partial charge in [0.05, 0.1) is 29.3 Å². The normalized spacial score (nSPS) is 11.1. The number of pyridine rings is 4. The van der Waals surface area contributed by atoms with E-state index < -0.39 is 0 Å². The molecule has 0 aromatic carbocycles. The summed E-state index contributed by atoms with van der Waals surface area (Å²) < 4.78 is 10.4. The van der Waals surface area contributed by atoms with Gasteiger partial charge in [-0.15, -0.1) is 22.7 Å². The van der Waals surface area contributed by atoms with Crippen LogP contribution in [0.2, 0.25) is 5.02 Å². The molecule has 0 fully saturated rings. The lowest BCUT2D eigenvalue weighted by Gasteiger charge is -2.07. The molecule has 12 nitrogen and oxygen atoms in total. The van der Waals surface area contributed by atoms with Crippen LogP contribution in [0.3, 0.4) is 0 Å². The van der Waals surface area contributed by atoms with E-state index in [1.807, 2.05) is 71.0 Å². The summed E-state index contributed by atoms with van der Waals surface area (Å²) in [6, 6.07) is 11.4. The molecule has 0 aliphatic rings. The van der Waals surface area contributed by atoms with Gasteiger partial charge in [-0.1, -0.05) is 35.8 Å². The highest BCUT2D eigenvalue weighted by Crippen LogP contribution is 2.35. The number of aryl methyl sites for hydroxylation is 5. The van der Waals surface area contributed by atoms with E-state index in [9.17, 15) is 9.59 Å². The Morgan fingerprint density at radius 2 is 1.08 bits per heavy atom. The summed E-state index contributed by atoms with van der Waals surface area (Å²) in [4.78, 5) is 54.4. The first-order chi connectivity index (χ1) is 28.9. The first-order valence-corrected chi connectivity index (χ1v) is 21.3. The zero-order valence-corrected chi connectivity index (χ0v) is 36.6. The maximum Gasteiger partial charge on any atom is 0.170 e. The number of ketones is 2. The van der Waals surface area contributed by atoms with Crippen LogP contribution in [0.5, 0.6) is 0 Å². The van der Waals surface area contributed by atoms with Crippen molar-refractivity contribution in [3.63, 3.8) is 0 Å². The predicted molar refractivity (Wildman–Crippen MR) is 234 cm³/mol. The summed E-state index contributed by atoms with van der Waals surface area (Å²) in [5.41, 5.74) is 10.4. The molecule has 0 amide bonds. The first kappa shape index (κ1) is 42.0. The molecule has 0 aliphatic carbocycles. The zero-order chi connectivity index (χ0) is 42.5. The summed E-state index contributed by atoms with van der Waals surface area (Å²) >= 11 is 9.29. The lowest BCUT2D eigenvalue weighted by Crippen LogP contribution is -2.08. The Kier molecular flexibility index (Phi) is 12.9. The molecule has 0 saturated heterocycles. The summed E-state index contributed by atoms with van der Waals surface area (Å²) in [5.74, 6) is 1.47. The number of nitrogens with zero attached hydrogens (tertiary/aromatic N) is 8. The summed E-state index contributed by atoms with van der Waals surface area (Å²) in [6.45, 7) is 13.6. The number of halogens is 1. The molecule has 15 heteroatoms. The fourth-order valence-electron chi connectivity index (χ4n) is 6.34. The lowest BCUT2D eigenvalue weighted by molar-refractivity contribution is 0.0982. The molecule has 0 radical (unpaired) electrons. The number of carbonyl (C=O) groups is 2. The number of Topliss-reactive ketones (excluding diaryl/α,β-unsaturated/α-hetero) is 2. The molecule has 8 aromatic rings. The van der Waals surface area contributed by atoms with Crippen molar-refractivity contribution in [1.29, 1.82) is 0 Å². The monoisotopic (exact) mass is 856 g/mol. The van der Waals surface area contributed by atoms with E-state index in [1.54, 1.807) is 53.7 Å². The Morgan fingerprint density at radius 1 is 0.617 bits per heavy atom. The average molecular weight is 857 g/mol. The number of carbonyl (C=O) groups excluding carboxylic acids is 2. The number of hydrogen-bond acceptors (Lipinski definition) is 14. The Balaban J connectivity index is 0.000000181. The van der Waals surface area contributed by atoms with E-state index >= 15 is 0 Å². The van der Waals surface area contributed by atoms with Gasteiger partial charge in [-0.25, -0.2) is 9.97 Å². The molecule has 0 atom stereocenters. The highest BCUT2D eigenvalue weighted by Gasteiger charge is 2.19.